The quantitative estimate of drug-likeness (QED) is 0.497. The maximum absolute atomic E-state index is 13.8. The molecule has 0 amide bonds. The summed E-state index contributed by atoms with van der Waals surface area (Å²) in [7, 11) is 0. The molecule has 1 aliphatic rings. The Morgan fingerprint density at radius 1 is 1.04 bits per heavy atom. The molecule has 0 spiro atoms. The number of benzene rings is 1. The van der Waals surface area contributed by atoms with Crippen LogP contribution in [0.1, 0.15) is 42.7 Å². The Morgan fingerprint density at radius 2 is 1.75 bits per heavy atom. The number of pyridine rings is 1. The van der Waals surface area contributed by atoms with Gasteiger partial charge in [0, 0.05) is 23.1 Å². The van der Waals surface area contributed by atoms with Crippen LogP contribution in [-0.2, 0) is 11.8 Å². The van der Waals surface area contributed by atoms with Gasteiger partial charge in [-0.2, -0.15) is 0 Å². The first kappa shape index (κ1) is 16.5. The highest BCUT2D eigenvalue weighted by molar-refractivity contribution is 5.58. The van der Waals surface area contributed by atoms with Crippen LogP contribution in [0.3, 0.4) is 0 Å². The van der Waals surface area contributed by atoms with E-state index in [9.17, 15) is 22.4 Å². The Balaban J connectivity index is 2.08. The van der Waals surface area contributed by atoms with Gasteiger partial charge in [0.15, 0.2) is 23.3 Å². The van der Waals surface area contributed by atoms with Crippen molar-refractivity contribution in [3.05, 3.63) is 74.2 Å². The topological polar surface area (TPSA) is 32.9 Å². The molecule has 3 rings (SSSR count). The van der Waals surface area contributed by atoms with Crippen LogP contribution < -0.4 is 5.56 Å². The van der Waals surface area contributed by atoms with Crippen LogP contribution in [0, 0.1) is 23.3 Å². The molecule has 24 heavy (non-hydrogen) atoms. The molecule has 1 aromatic carbocycles. The molecule has 6 heteroatoms. The molecule has 126 valence electrons. The highest BCUT2D eigenvalue weighted by Crippen LogP contribution is 2.33. The number of aromatic amines is 1. The van der Waals surface area contributed by atoms with Gasteiger partial charge in [0.05, 0.1) is 0 Å². The van der Waals surface area contributed by atoms with Crippen LogP contribution >= 0.6 is 0 Å². The summed E-state index contributed by atoms with van der Waals surface area (Å²) in [6.07, 6.45) is 4.22. The van der Waals surface area contributed by atoms with Crippen molar-refractivity contribution in [1.82, 2.24) is 4.98 Å². The van der Waals surface area contributed by atoms with E-state index < -0.39 is 34.4 Å². The Labute approximate surface area is 135 Å². The van der Waals surface area contributed by atoms with Crippen molar-refractivity contribution < 1.29 is 17.6 Å². The van der Waals surface area contributed by atoms with E-state index >= 15 is 0 Å². The summed E-state index contributed by atoms with van der Waals surface area (Å²) in [5.74, 6) is -6.71. The lowest BCUT2D eigenvalue weighted by atomic mass is 9.79. The maximum atomic E-state index is 13.8. The number of aromatic nitrogens is 1. The summed E-state index contributed by atoms with van der Waals surface area (Å²) in [4.78, 5) is 15.0. The Kier molecular flexibility index (Phi) is 3.86. The van der Waals surface area contributed by atoms with Gasteiger partial charge in [-0.25, -0.2) is 17.6 Å². The zero-order valence-electron chi connectivity index (χ0n) is 13.1. The van der Waals surface area contributed by atoms with Gasteiger partial charge in [-0.3, -0.25) is 4.79 Å². The van der Waals surface area contributed by atoms with Gasteiger partial charge in [0.2, 0.25) is 0 Å². The standard InChI is InChI=1S/C18H15F4NO/c1-18(2)5-3-4-9-6-11(17(24)23-16(9)18)7-10-8-12(19)14(21)15(22)13(10)20/h3-4,6,8H,5,7H2,1-2H3,(H,23,24). The molecule has 1 N–H and O–H groups in total. The summed E-state index contributed by atoms with van der Waals surface area (Å²) in [6.45, 7) is 3.96. The second kappa shape index (κ2) is 5.61. The average molecular weight is 337 g/mol. The molecule has 1 aromatic heterocycles. The molecule has 0 fully saturated rings. The van der Waals surface area contributed by atoms with Crippen LogP contribution in [0.5, 0.6) is 0 Å². The van der Waals surface area contributed by atoms with E-state index in [1.165, 1.54) is 0 Å². The number of H-pyrrole nitrogens is 1. The number of nitrogens with one attached hydrogen (secondary N) is 1. The minimum absolute atomic E-state index is 0.153. The molecule has 0 radical (unpaired) electrons. The molecule has 0 atom stereocenters. The Hall–Kier alpha value is -2.37. The predicted octanol–water partition coefficient (Wildman–Crippen LogP) is 4.22. The highest BCUT2D eigenvalue weighted by atomic mass is 19.2. The SMILES string of the molecule is CC1(C)CC=Cc2cc(Cc3cc(F)c(F)c(F)c3F)c(=O)[nH]c21. The third-order valence-electron chi connectivity index (χ3n) is 4.31. The predicted molar refractivity (Wildman–Crippen MR) is 82.8 cm³/mol. The summed E-state index contributed by atoms with van der Waals surface area (Å²) in [5.41, 5.74) is 0.569. The van der Waals surface area contributed by atoms with Crippen LogP contribution in [0.15, 0.2) is 23.0 Å². The molecule has 2 aromatic rings. The fourth-order valence-electron chi connectivity index (χ4n) is 2.95. The lowest BCUT2D eigenvalue weighted by Gasteiger charge is -2.28. The van der Waals surface area contributed by atoms with E-state index in [0.29, 0.717) is 6.07 Å². The van der Waals surface area contributed by atoms with Gasteiger partial charge in [0.1, 0.15) is 0 Å². The summed E-state index contributed by atoms with van der Waals surface area (Å²) in [5, 5.41) is 0. The average Bonchev–Trinajstić information content (AvgIpc) is 2.52. The number of allylic oxidation sites excluding steroid dienone is 1. The van der Waals surface area contributed by atoms with Gasteiger partial charge in [0.25, 0.3) is 5.56 Å². The number of rotatable bonds is 2. The maximum Gasteiger partial charge on any atom is 0.251 e. The number of hydrogen-bond acceptors (Lipinski definition) is 1. The van der Waals surface area contributed by atoms with Gasteiger partial charge in [-0.15, -0.1) is 0 Å². The van der Waals surface area contributed by atoms with E-state index in [-0.39, 0.29) is 17.4 Å². The van der Waals surface area contributed by atoms with Crippen LogP contribution in [0.4, 0.5) is 17.6 Å². The fraction of sp³-hybridized carbons (Fsp3) is 0.278. The number of halogens is 4. The molecular formula is C18H15F4NO. The Morgan fingerprint density at radius 3 is 2.46 bits per heavy atom. The van der Waals surface area contributed by atoms with Crippen LogP contribution in [0.25, 0.3) is 6.08 Å². The lowest BCUT2D eigenvalue weighted by molar-refractivity contribution is 0.404. The third kappa shape index (κ3) is 2.66. The number of hydrogen-bond donors (Lipinski definition) is 1. The molecule has 1 aliphatic carbocycles. The molecule has 2 nitrogen and oxygen atoms in total. The summed E-state index contributed by atoms with van der Waals surface area (Å²) < 4.78 is 53.5. The summed E-state index contributed by atoms with van der Waals surface area (Å²) >= 11 is 0. The van der Waals surface area contributed by atoms with Crippen molar-refractivity contribution in [1.29, 1.82) is 0 Å². The zero-order chi connectivity index (χ0) is 17.6. The molecule has 0 aliphatic heterocycles. The molecular weight excluding hydrogens is 322 g/mol. The van der Waals surface area contributed by atoms with Crippen molar-refractivity contribution in [2.45, 2.75) is 32.1 Å². The van der Waals surface area contributed by atoms with E-state index in [0.717, 1.165) is 17.7 Å². The fourth-order valence-corrected chi connectivity index (χ4v) is 2.95. The molecule has 1 heterocycles. The monoisotopic (exact) mass is 337 g/mol. The molecule has 0 saturated carbocycles. The zero-order valence-corrected chi connectivity index (χ0v) is 13.1. The number of fused-ring (bicyclic) bond motifs is 1. The highest BCUT2D eigenvalue weighted by Gasteiger charge is 2.27. The van der Waals surface area contributed by atoms with E-state index in [1.807, 2.05) is 26.0 Å². The van der Waals surface area contributed by atoms with Gasteiger partial charge in [-0.05, 0) is 29.7 Å². The minimum atomic E-state index is -1.87. The van der Waals surface area contributed by atoms with Crippen LogP contribution in [-0.4, -0.2) is 4.98 Å². The second-order valence-corrected chi connectivity index (χ2v) is 6.58. The molecule has 0 unspecified atom stereocenters. The van der Waals surface area contributed by atoms with Crippen molar-refractivity contribution in [3.63, 3.8) is 0 Å². The lowest BCUT2D eigenvalue weighted by Crippen LogP contribution is -2.27. The van der Waals surface area contributed by atoms with Crippen molar-refractivity contribution in [2.75, 3.05) is 0 Å². The van der Waals surface area contributed by atoms with E-state index in [2.05, 4.69) is 4.98 Å². The first-order chi connectivity index (χ1) is 11.2. The normalized spacial score (nSPS) is 15.4. The first-order valence-corrected chi connectivity index (χ1v) is 7.46. The second-order valence-electron chi connectivity index (χ2n) is 6.58. The summed E-state index contributed by atoms with van der Waals surface area (Å²) in [6, 6.07) is 2.15. The molecule has 0 bridgehead atoms. The minimum Gasteiger partial charge on any atom is -0.325 e. The first-order valence-electron chi connectivity index (χ1n) is 7.46. The largest absolute Gasteiger partial charge is 0.325 e. The van der Waals surface area contributed by atoms with Crippen molar-refractivity contribution in [2.24, 2.45) is 0 Å². The van der Waals surface area contributed by atoms with Gasteiger partial charge in [-0.1, -0.05) is 26.0 Å². The smallest absolute Gasteiger partial charge is 0.251 e. The third-order valence-corrected chi connectivity index (χ3v) is 4.31. The van der Waals surface area contributed by atoms with Crippen molar-refractivity contribution >= 4 is 6.08 Å². The van der Waals surface area contributed by atoms with Crippen LogP contribution in [0.2, 0.25) is 0 Å². The van der Waals surface area contributed by atoms with E-state index in [4.69, 9.17) is 0 Å². The molecule has 0 saturated heterocycles. The van der Waals surface area contributed by atoms with E-state index in [1.54, 1.807) is 6.07 Å². The van der Waals surface area contributed by atoms with Gasteiger partial charge < -0.3 is 4.98 Å². The Bertz CT molecular complexity index is 912. The van der Waals surface area contributed by atoms with Crippen molar-refractivity contribution in [3.8, 4) is 0 Å². The van der Waals surface area contributed by atoms with Gasteiger partial charge >= 0.3 is 0 Å².